The fourth-order valence-corrected chi connectivity index (χ4v) is 3.88. The molecular formula is C23H23NO6. The van der Waals surface area contributed by atoms with Crippen LogP contribution in [0.1, 0.15) is 29.2 Å². The van der Waals surface area contributed by atoms with Crippen molar-refractivity contribution in [1.82, 2.24) is 4.90 Å². The number of benzene rings is 2. The number of methoxy groups -OCH3 is 1. The van der Waals surface area contributed by atoms with Gasteiger partial charge in [-0.25, -0.2) is 0 Å². The smallest absolute Gasteiger partial charge is 0.295 e. The number of ether oxygens (including phenoxy) is 3. The van der Waals surface area contributed by atoms with Gasteiger partial charge in [0, 0.05) is 25.8 Å². The summed E-state index contributed by atoms with van der Waals surface area (Å²) in [6.45, 7) is 2.85. The Hall–Kier alpha value is -3.32. The second-order valence-electron chi connectivity index (χ2n) is 7.32. The molecule has 156 valence electrons. The van der Waals surface area contributed by atoms with Crippen molar-refractivity contribution in [3.8, 4) is 11.5 Å². The summed E-state index contributed by atoms with van der Waals surface area (Å²) in [4.78, 5) is 27.3. The van der Waals surface area contributed by atoms with Crippen LogP contribution < -0.4 is 9.47 Å². The van der Waals surface area contributed by atoms with Gasteiger partial charge in [0.1, 0.15) is 5.76 Å². The number of ketones is 1. The lowest BCUT2D eigenvalue weighted by Gasteiger charge is -2.25. The Kier molecular flexibility index (Phi) is 5.46. The van der Waals surface area contributed by atoms with Crippen LogP contribution in [0.3, 0.4) is 0 Å². The molecule has 1 fully saturated rings. The van der Waals surface area contributed by atoms with Crippen LogP contribution in [0.25, 0.3) is 5.76 Å². The molecule has 1 unspecified atom stereocenters. The van der Waals surface area contributed by atoms with Crippen LogP contribution in [-0.4, -0.2) is 48.8 Å². The summed E-state index contributed by atoms with van der Waals surface area (Å²) in [5.41, 5.74) is 2.24. The molecule has 7 heteroatoms. The van der Waals surface area contributed by atoms with Crippen LogP contribution in [0.15, 0.2) is 48.0 Å². The monoisotopic (exact) mass is 409 g/mol. The van der Waals surface area contributed by atoms with Crippen molar-refractivity contribution < 1.29 is 28.9 Å². The molecule has 0 bridgehead atoms. The van der Waals surface area contributed by atoms with Crippen molar-refractivity contribution >= 4 is 17.4 Å². The zero-order valence-electron chi connectivity index (χ0n) is 16.9. The third-order valence-corrected chi connectivity index (χ3v) is 5.29. The number of aryl methyl sites for hydroxylation is 1. The average Bonchev–Trinajstić information content (AvgIpc) is 3.31. The Morgan fingerprint density at radius 2 is 1.97 bits per heavy atom. The van der Waals surface area contributed by atoms with E-state index in [4.69, 9.17) is 14.2 Å². The van der Waals surface area contributed by atoms with E-state index < -0.39 is 17.7 Å². The molecule has 0 spiro atoms. The maximum atomic E-state index is 13.0. The van der Waals surface area contributed by atoms with Crippen molar-refractivity contribution in [2.45, 2.75) is 19.4 Å². The van der Waals surface area contributed by atoms with Crippen molar-refractivity contribution in [1.29, 1.82) is 0 Å². The van der Waals surface area contributed by atoms with Gasteiger partial charge in [-0.1, -0.05) is 29.8 Å². The Morgan fingerprint density at radius 3 is 2.73 bits per heavy atom. The molecule has 0 radical (unpaired) electrons. The fourth-order valence-electron chi connectivity index (χ4n) is 3.88. The number of amides is 1. The summed E-state index contributed by atoms with van der Waals surface area (Å²) in [6, 6.07) is 11.9. The van der Waals surface area contributed by atoms with Gasteiger partial charge in [0.25, 0.3) is 11.7 Å². The van der Waals surface area contributed by atoms with Crippen LogP contribution >= 0.6 is 0 Å². The molecule has 1 N–H and O–H groups in total. The molecule has 0 aromatic heterocycles. The minimum Gasteiger partial charge on any atom is -0.507 e. The van der Waals surface area contributed by atoms with Crippen LogP contribution in [-0.2, 0) is 14.3 Å². The van der Waals surface area contributed by atoms with Crippen LogP contribution in [0.2, 0.25) is 0 Å². The Bertz CT molecular complexity index is 1030. The molecule has 4 rings (SSSR count). The van der Waals surface area contributed by atoms with Gasteiger partial charge in [-0.05, 0) is 37.1 Å². The molecule has 30 heavy (non-hydrogen) atoms. The van der Waals surface area contributed by atoms with Crippen molar-refractivity contribution in [3.05, 3.63) is 64.7 Å². The van der Waals surface area contributed by atoms with E-state index in [0.29, 0.717) is 36.6 Å². The molecule has 2 aliphatic heterocycles. The van der Waals surface area contributed by atoms with E-state index in [1.165, 1.54) is 4.90 Å². The Morgan fingerprint density at radius 1 is 1.17 bits per heavy atom. The molecule has 1 amide bonds. The number of Topliss-reactive ketones (excluding diaryl/α,β-unsaturated/α-hetero) is 1. The number of fused-ring (bicyclic) bond motifs is 1. The zero-order chi connectivity index (χ0) is 21.3. The Labute approximate surface area is 174 Å². The second-order valence-corrected chi connectivity index (χ2v) is 7.32. The largest absolute Gasteiger partial charge is 0.507 e. The lowest BCUT2D eigenvalue weighted by atomic mass is 9.94. The number of aliphatic hydroxyl groups is 1. The van der Waals surface area contributed by atoms with Gasteiger partial charge in [-0.3, -0.25) is 9.59 Å². The number of likely N-dealkylation sites (tertiary alicyclic amines) is 1. The normalized spacial score (nSPS) is 19.5. The van der Waals surface area contributed by atoms with Crippen LogP contribution in [0, 0.1) is 6.92 Å². The molecule has 2 aromatic carbocycles. The standard InChI is InChI=1S/C23H23NO6/c1-14-5-3-6-15(11-14)20-19(22(26)23(27)24(20)9-4-10-28-2)21(25)16-7-8-17-18(12-16)30-13-29-17/h3,5-8,11-12,20,25H,4,9-10,13H2,1-2H3/b21-19-. The highest BCUT2D eigenvalue weighted by atomic mass is 16.7. The minimum absolute atomic E-state index is 0.0712. The average molecular weight is 409 g/mol. The molecule has 0 aliphatic carbocycles. The number of hydrogen-bond donors (Lipinski definition) is 1. The van der Waals surface area contributed by atoms with Crippen LogP contribution in [0.4, 0.5) is 0 Å². The van der Waals surface area contributed by atoms with Gasteiger partial charge in [0.05, 0.1) is 11.6 Å². The van der Waals surface area contributed by atoms with Gasteiger partial charge in [0.15, 0.2) is 11.5 Å². The summed E-state index contributed by atoms with van der Waals surface area (Å²) < 4.78 is 15.8. The number of aliphatic hydroxyl groups excluding tert-OH is 1. The number of carbonyl (C=O) groups excluding carboxylic acids is 2. The third kappa shape index (κ3) is 3.52. The molecule has 2 aliphatic rings. The highest BCUT2D eigenvalue weighted by Gasteiger charge is 2.45. The first-order valence-corrected chi connectivity index (χ1v) is 9.75. The van der Waals surface area contributed by atoms with E-state index in [9.17, 15) is 14.7 Å². The van der Waals surface area contributed by atoms with Gasteiger partial charge in [-0.2, -0.15) is 0 Å². The van der Waals surface area contributed by atoms with Gasteiger partial charge >= 0.3 is 0 Å². The quantitative estimate of drug-likeness (QED) is 0.341. The summed E-state index contributed by atoms with van der Waals surface area (Å²) in [5, 5.41) is 11.1. The summed E-state index contributed by atoms with van der Waals surface area (Å²) in [7, 11) is 1.59. The predicted octanol–water partition coefficient (Wildman–Crippen LogP) is 3.18. The SMILES string of the molecule is COCCCN1C(=O)C(=O)/C(=C(\O)c2ccc3c(c2)OCO3)C1c1cccc(C)c1. The van der Waals surface area contributed by atoms with E-state index in [-0.39, 0.29) is 18.1 Å². The highest BCUT2D eigenvalue weighted by Crippen LogP contribution is 2.41. The summed E-state index contributed by atoms with van der Waals surface area (Å²) in [6.07, 6.45) is 0.579. The minimum atomic E-state index is -0.700. The molecule has 7 nitrogen and oxygen atoms in total. The van der Waals surface area contributed by atoms with Crippen molar-refractivity contribution in [2.75, 3.05) is 27.1 Å². The first-order valence-electron chi connectivity index (χ1n) is 9.75. The first-order chi connectivity index (χ1) is 14.5. The lowest BCUT2D eigenvalue weighted by Crippen LogP contribution is -2.31. The van der Waals surface area contributed by atoms with E-state index in [0.717, 1.165) is 11.1 Å². The van der Waals surface area contributed by atoms with E-state index in [2.05, 4.69) is 0 Å². The lowest BCUT2D eigenvalue weighted by molar-refractivity contribution is -0.140. The third-order valence-electron chi connectivity index (χ3n) is 5.29. The second kappa shape index (κ2) is 8.20. The van der Waals surface area contributed by atoms with E-state index in [1.807, 2.05) is 31.2 Å². The van der Waals surface area contributed by atoms with Gasteiger partial charge in [-0.15, -0.1) is 0 Å². The summed E-state index contributed by atoms with van der Waals surface area (Å²) >= 11 is 0. The van der Waals surface area contributed by atoms with Gasteiger partial charge < -0.3 is 24.2 Å². The summed E-state index contributed by atoms with van der Waals surface area (Å²) in [5.74, 6) is -0.497. The molecule has 2 heterocycles. The Balaban J connectivity index is 1.81. The maximum Gasteiger partial charge on any atom is 0.295 e. The number of carbonyl (C=O) groups is 2. The molecule has 2 aromatic rings. The number of hydrogen-bond acceptors (Lipinski definition) is 6. The van der Waals surface area contributed by atoms with E-state index in [1.54, 1.807) is 25.3 Å². The van der Waals surface area contributed by atoms with Gasteiger partial charge in [0.2, 0.25) is 6.79 Å². The first kappa shape index (κ1) is 20.0. The fraction of sp³-hybridized carbons (Fsp3) is 0.304. The topological polar surface area (TPSA) is 85.3 Å². The zero-order valence-corrected chi connectivity index (χ0v) is 16.9. The van der Waals surface area contributed by atoms with Crippen molar-refractivity contribution in [3.63, 3.8) is 0 Å². The highest BCUT2D eigenvalue weighted by molar-refractivity contribution is 6.46. The molecule has 1 saturated heterocycles. The molecule has 1 atom stereocenters. The number of rotatable bonds is 6. The number of nitrogens with zero attached hydrogens (tertiary/aromatic N) is 1. The van der Waals surface area contributed by atoms with E-state index >= 15 is 0 Å². The maximum absolute atomic E-state index is 13.0. The van der Waals surface area contributed by atoms with Crippen molar-refractivity contribution in [2.24, 2.45) is 0 Å². The molecule has 0 saturated carbocycles. The molecular weight excluding hydrogens is 386 g/mol. The predicted molar refractivity (Wildman–Crippen MR) is 109 cm³/mol. The van der Waals surface area contributed by atoms with Crippen LogP contribution in [0.5, 0.6) is 11.5 Å².